The van der Waals surface area contributed by atoms with Gasteiger partial charge in [0.1, 0.15) is 5.75 Å². The van der Waals surface area contributed by atoms with Crippen molar-refractivity contribution in [2.75, 3.05) is 18.0 Å². The zero-order valence-corrected chi connectivity index (χ0v) is 14.2. The molecule has 1 heterocycles. The maximum atomic E-state index is 12.9. The Balaban J connectivity index is 0.00000208. The van der Waals surface area contributed by atoms with Crippen molar-refractivity contribution in [3.8, 4) is 5.75 Å². The molecule has 24 heavy (non-hydrogen) atoms. The summed E-state index contributed by atoms with van der Waals surface area (Å²) in [5.74, 6) is 0.521. The molecule has 0 bridgehead atoms. The largest absolute Gasteiger partial charge is 0.435 e. The highest BCUT2D eigenvalue weighted by atomic mass is 35.5. The molecule has 1 aliphatic heterocycles. The third-order valence-corrected chi connectivity index (χ3v) is 4.94. The maximum Gasteiger partial charge on any atom is 0.387 e. The van der Waals surface area contributed by atoms with Crippen LogP contribution >= 0.6 is 12.4 Å². The molecule has 0 aromatic heterocycles. The molecular weight excluding hydrogens is 338 g/mol. The number of fused-ring (bicyclic) bond motifs is 1. The van der Waals surface area contributed by atoms with E-state index in [9.17, 15) is 13.6 Å². The standard InChI is InChI=1S/C17H22F2N2O2.ClH/c18-17(19)23-13-6-7-15-11(9-13)4-2-8-21(15)16(22)14-5-1-3-12(14)10-20;/h6-7,9,12,14,17H,1-5,8,10,20H2;1H/t12-,14-;/m1./s1. The van der Waals surface area contributed by atoms with E-state index in [1.165, 1.54) is 6.07 Å². The number of halogens is 3. The van der Waals surface area contributed by atoms with Crippen molar-refractivity contribution in [2.24, 2.45) is 17.6 Å². The van der Waals surface area contributed by atoms with E-state index in [0.29, 0.717) is 13.1 Å². The lowest BCUT2D eigenvalue weighted by Crippen LogP contribution is -2.41. The lowest BCUT2D eigenvalue weighted by molar-refractivity contribution is -0.123. The van der Waals surface area contributed by atoms with Crippen molar-refractivity contribution < 1.29 is 18.3 Å². The van der Waals surface area contributed by atoms with Gasteiger partial charge in [0.05, 0.1) is 0 Å². The molecule has 4 nitrogen and oxygen atoms in total. The predicted octanol–water partition coefficient (Wildman–Crippen LogP) is 3.36. The van der Waals surface area contributed by atoms with E-state index in [4.69, 9.17) is 5.73 Å². The fourth-order valence-electron chi connectivity index (χ4n) is 3.82. The zero-order chi connectivity index (χ0) is 16.4. The topological polar surface area (TPSA) is 55.6 Å². The summed E-state index contributed by atoms with van der Waals surface area (Å²) in [5.41, 5.74) is 7.51. The van der Waals surface area contributed by atoms with Crippen molar-refractivity contribution in [3.05, 3.63) is 23.8 Å². The van der Waals surface area contributed by atoms with Crippen LogP contribution in [0.2, 0.25) is 0 Å². The van der Waals surface area contributed by atoms with Gasteiger partial charge in [0, 0.05) is 18.2 Å². The molecule has 134 valence electrons. The third-order valence-electron chi connectivity index (χ3n) is 4.94. The van der Waals surface area contributed by atoms with Crippen LogP contribution in [0.3, 0.4) is 0 Å². The number of aryl methyl sites for hydroxylation is 1. The number of anilines is 1. The summed E-state index contributed by atoms with van der Waals surface area (Å²) in [6.07, 6.45) is 4.54. The highest BCUT2D eigenvalue weighted by Gasteiger charge is 2.36. The number of rotatable bonds is 4. The van der Waals surface area contributed by atoms with E-state index >= 15 is 0 Å². The van der Waals surface area contributed by atoms with Crippen molar-refractivity contribution in [1.29, 1.82) is 0 Å². The smallest absolute Gasteiger partial charge is 0.387 e. The Kier molecular flexibility index (Phi) is 6.40. The fourth-order valence-corrected chi connectivity index (χ4v) is 3.82. The van der Waals surface area contributed by atoms with Gasteiger partial charge in [0.15, 0.2) is 0 Å². The normalized spacial score (nSPS) is 22.9. The summed E-state index contributed by atoms with van der Waals surface area (Å²) in [4.78, 5) is 14.7. The summed E-state index contributed by atoms with van der Waals surface area (Å²) in [6, 6.07) is 4.85. The lowest BCUT2D eigenvalue weighted by atomic mass is 9.92. The number of nitrogens with two attached hydrogens (primary N) is 1. The van der Waals surface area contributed by atoms with Gasteiger partial charge in [-0.25, -0.2) is 0 Å². The second-order valence-electron chi connectivity index (χ2n) is 6.30. The third kappa shape index (κ3) is 3.81. The molecule has 1 saturated carbocycles. The van der Waals surface area contributed by atoms with E-state index in [1.807, 2.05) is 4.90 Å². The van der Waals surface area contributed by atoms with Gasteiger partial charge in [-0.3, -0.25) is 4.79 Å². The van der Waals surface area contributed by atoms with Crippen LogP contribution < -0.4 is 15.4 Å². The van der Waals surface area contributed by atoms with E-state index in [0.717, 1.165) is 43.4 Å². The Morgan fingerprint density at radius 3 is 2.83 bits per heavy atom. The van der Waals surface area contributed by atoms with E-state index in [2.05, 4.69) is 4.74 Å². The molecule has 7 heteroatoms. The molecule has 2 atom stereocenters. The monoisotopic (exact) mass is 360 g/mol. The predicted molar refractivity (Wildman–Crippen MR) is 90.9 cm³/mol. The van der Waals surface area contributed by atoms with Gasteiger partial charge in [0.2, 0.25) is 5.91 Å². The Morgan fingerprint density at radius 2 is 2.12 bits per heavy atom. The Bertz CT molecular complexity index is 586. The van der Waals surface area contributed by atoms with Gasteiger partial charge in [-0.05, 0) is 61.9 Å². The van der Waals surface area contributed by atoms with Crippen LogP contribution in [0.15, 0.2) is 18.2 Å². The van der Waals surface area contributed by atoms with Crippen LogP contribution in [0.25, 0.3) is 0 Å². The molecule has 2 aliphatic rings. The molecule has 0 spiro atoms. The van der Waals surface area contributed by atoms with Crippen molar-refractivity contribution >= 4 is 24.0 Å². The summed E-state index contributed by atoms with van der Waals surface area (Å²) in [5, 5.41) is 0. The van der Waals surface area contributed by atoms with Crippen LogP contribution in [0.1, 0.15) is 31.2 Å². The van der Waals surface area contributed by atoms with Crippen LogP contribution in [0.4, 0.5) is 14.5 Å². The molecule has 1 fully saturated rings. The second kappa shape index (κ2) is 8.12. The van der Waals surface area contributed by atoms with E-state index < -0.39 is 6.61 Å². The molecular formula is C17H23ClF2N2O2. The molecule has 2 N–H and O–H groups in total. The van der Waals surface area contributed by atoms with Gasteiger partial charge in [-0.2, -0.15) is 8.78 Å². The Morgan fingerprint density at radius 1 is 1.33 bits per heavy atom. The molecule has 1 aromatic carbocycles. The Labute approximate surface area is 146 Å². The quantitative estimate of drug-likeness (QED) is 0.895. The first-order valence-electron chi connectivity index (χ1n) is 8.19. The average Bonchev–Trinajstić information content (AvgIpc) is 3.01. The van der Waals surface area contributed by atoms with Gasteiger partial charge in [-0.1, -0.05) is 6.42 Å². The summed E-state index contributed by atoms with van der Waals surface area (Å²) < 4.78 is 29.1. The molecule has 0 radical (unpaired) electrons. The molecule has 1 aromatic rings. The minimum atomic E-state index is -2.84. The van der Waals surface area contributed by atoms with Gasteiger partial charge >= 0.3 is 6.61 Å². The van der Waals surface area contributed by atoms with Gasteiger partial charge in [-0.15, -0.1) is 12.4 Å². The van der Waals surface area contributed by atoms with Gasteiger partial charge in [0.25, 0.3) is 0 Å². The average molecular weight is 361 g/mol. The molecule has 1 amide bonds. The minimum Gasteiger partial charge on any atom is -0.435 e. The molecule has 0 unspecified atom stereocenters. The van der Waals surface area contributed by atoms with Crippen molar-refractivity contribution in [2.45, 2.75) is 38.7 Å². The van der Waals surface area contributed by atoms with Crippen LogP contribution in [-0.2, 0) is 11.2 Å². The van der Waals surface area contributed by atoms with Crippen molar-refractivity contribution in [1.82, 2.24) is 0 Å². The lowest BCUT2D eigenvalue weighted by Gasteiger charge is -2.33. The number of carbonyl (C=O) groups is 1. The van der Waals surface area contributed by atoms with Crippen molar-refractivity contribution in [3.63, 3.8) is 0 Å². The highest BCUT2D eigenvalue weighted by Crippen LogP contribution is 2.37. The number of carbonyl (C=O) groups excluding carboxylic acids is 1. The highest BCUT2D eigenvalue weighted by molar-refractivity contribution is 5.96. The second-order valence-corrected chi connectivity index (χ2v) is 6.30. The van der Waals surface area contributed by atoms with Crippen LogP contribution in [-0.4, -0.2) is 25.6 Å². The first kappa shape index (κ1) is 18.9. The van der Waals surface area contributed by atoms with Gasteiger partial charge < -0.3 is 15.4 Å². The number of ether oxygens (including phenoxy) is 1. The first-order valence-corrected chi connectivity index (χ1v) is 8.19. The minimum absolute atomic E-state index is 0. The first-order chi connectivity index (χ1) is 11.1. The van der Waals surface area contributed by atoms with E-state index in [-0.39, 0.29) is 35.9 Å². The number of amides is 1. The number of benzene rings is 1. The van der Waals surface area contributed by atoms with Crippen LogP contribution in [0.5, 0.6) is 5.75 Å². The number of hydrogen-bond donors (Lipinski definition) is 1. The van der Waals surface area contributed by atoms with E-state index in [1.54, 1.807) is 12.1 Å². The summed E-state index contributed by atoms with van der Waals surface area (Å²) in [7, 11) is 0. The number of alkyl halides is 2. The zero-order valence-electron chi connectivity index (χ0n) is 13.4. The fraction of sp³-hybridized carbons (Fsp3) is 0.588. The maximum absolute atomic E-state index is 12.9. The summed E-state index contributed by atoms with van der Waals surface area (Å²) >= 11 is 0. The number of hydrogen-bond acceptors (Lipinski definition) is 3. The Hall–Kier alpha value is -1.40. The van der Waals surface area contributed by atoms with Crippen LogP contribution in [0, 0.1) is 11.8 Å². The number of nitrogens with zero attached hydrogens (tertiary/aromatic N) is 1. The molecule has 0 saturated heterocycles. The summed E-state index contributed by atoms with van der Waals surface area (Å²) in [6.45, 7) is -1.62. The molecule has 1 aliphatic carbocycles. The molecule has 3 rings (SSSR count). The SMILES string of the molecule is Cl.NC[C@H]1CCC[C@H]1C(=O)N1CCCc2cc(OC(F)F)ccc21.